The highest BCUT2D eigenvalue weighted by Gasteiger charge is 2.12. The van der Waals surface area contributed by atoms with E-state index in [9.17, 15) is 14.9 Å². The highest BCUT2D eigenvalue weighted by molar-refractivity contribution is 5.84. The first kappa shape index (κ1) is 13.5. The van der Waals surface area contributed by atoms with Crippen LogP contribution in [0.3, 0.4) is 0 Å². The topological polar surface area (TPSA) is 123 Å². The second-order valence-electron chi connectivity index (χ2n) is 3.87. The molecule has 0 bridgehead atoms. The third kappa shape index (κ3) is 3.07. The zero-order chi connectivity index (χ0) is 14.5. The molecule has 1 aromatic carbocycles. The molecule has 0 unspecified atom stereocenters. The number of hydrogen-bond acceptors (Lipinski definition) is 6. The van der Waals surface area contributed by atoms with Crippen LogP contribution in [-0.4, -0.2) is 37.5 Å². The lowest BCUT2D eigenvalue weighted by Crippen LogP contribution is -2.12. The maximum absolute atomic E-state index is 10.8. The molecule has 0 aliphatic rings. The molecule has 0 spiro atoms. The van der Waals surface area contributed by atoms with Gasteiger partial charge in [0.2, 0.25) is 0 Å². The molecule has 9 heteroatoms. The maximum atomic E-state index is 10.8. The van der Waals surface area contributed by atoms with Gasteiger partial charge in [-0.3, -0.25) is 10.1 Å². The SMILES string of the molecule is O=C(O)c1cn(CCNc2ccccc2[N+](=O)[O-])nn1. The van der Waals surface area contributed by atoms with Crippen molar-refractivity contribution in [3.05, 3.63) is 46.3 Å². The van der Waals surface area contributed by atoms with E-state index in [1.54, 1.807) is 18.2 Å². The number of aromatic nitrogens is 3. The van der Waals surface area contributed by atoms with Crippen molar-refractivity contribution < 1.29 is 14.8 Å². The van der Waals surface area contributed by atoms with E-state index < -0.39 is 10.9 Å². The lowest BCUT2D eigenvalue weighted by atomic mass is 10.2. The van der Waals surface area contributed by atoms with Crippen LogP contribution < -0.4 is 5.32 Å². The number of hydrogen-bond donors (Lipinski definition) is 2. The van der Waals surface area contributed by atoms with E-state index in [-0.39, 0.29) is 11.4 Å². The molecule has 1 aromatic heterocycles. The summed E-state index contributed by atoms with van der Waals surface area (Å²) >= 11 is 0. The summed E-state index contributed by atoms with van der Waals surface area (Å²) in [6.07, 6.45) is 1.30. The van der Waals surface area contributed by atoms with Gasteiger partial charge in [0.15, 0.2) is 5.69 Å². The Morgan fingerprint density at radius 1 is 1.45 bits per heavy atom. The van der Waals surface area contributed by atoms with Gasteiger partial charge in [-0.2, -0.15) is 0 Å². The number of carboxylic acids is 1. The molecule has 0 fully saturated rings. The number of rotatable bonds is 6. The van der Waals surface area contributed by atoms with Crippen LogP contribution >= 0.6 is 0 Å². The highest BCUT2D eigenvalue weighted by Crippen LogP contribution is 2.22. The van der Waals surface area contributed by atoms with Gasteiger partial charge >= 0.3 is 5.97 Å². The lowest BCUT2D eigenvalue weighted by Gasteiger charge is -2.06. The summed E-state index contributed by atoms with van der Waals surface area (Å²) in [6, 6.07) is 6.27. The number of nitrogens with zero attached hydrogens (tertiary/aromatic N) is 4. The van der Waals surface area contributed by atoms with Gasteiger partial charge in [-0.25, -0.2) is 9.48 Å². The predicted molar refractivity (Wildman–Crippen MR) is 68.6 cm³/mol. The van der Waals surface area contributed by atoms with Gasteiger partial charge in [-0.15, -0.1) is 5.10 Å². The minimum Gasteiger partial charge on any atom is -0.476 e. The van der Waals surface area contributed by atoms with Crippen molar-refractivity contribution in [2.45, 2.75) is 6.54 Å². The second-order valence-corrected chi connectivity index (χ2v) is 3.87. The van der Waals surface area contributed by atoms with Crippen molar-refractivity contribution in [2.24, 2.45) is 0 Å². The molecule has 0 amide bonds. The number of para-hydroxylation sites is 2. The molecule has 2 aromatic rings. The van der Waals surface area contributed by atoms with E-state index in [0.717, 1.165) is 0 Å². The number of nitro groups is 1. The summed E-state index contributed by atoms with van der Waals surface area (Å²) < 4.78 is 1.35. The number of nitrogens with one attached hydrogen (secondary N) is 1. The van der Waals surface area contributed by atoms with Crippen LogP contribution in [0.5, 0.6) is 0 Å². The van der Waals surface area contributed by atoms with Crippen molar-refractivity contribution in [3.8, 4) is 0 Å². The van der Waals surface area contributed by atoms with Gasteiger partial charge in [0, 0.05) is 12.6 Å². The fraction of sp³-hybridized carbons (Fsp3) is 0.182. The van der Waals surface area contributed by atoms with Crippen LogP contribution in [0.1, 0.15) is 10.5 Å². The minimum absolute atomic E-state index is 0.0164. The third-order valence-corrected chi connectivity index (χ3v) is 2.51. The van der Waals surface area contributed by atoms with Gasteiger partial charge < -0.3 is 10.4 Å². The summed E-state index contributed by atoms with van der Waals surface area (Å²) in [6.45, 7) is 0.694. The number of carboxylic acid groups (broad SMARTS) is 1. The second kappa shape index (κ2) is 5.78. The Kier molecular flexibility index (Phi) is 3.89. The first-order chi connectivity index (χ1) is 9.58. The molecule has 0 radical (unpaired) electrons. The Hall–Kier alpha value is -2.97. The number of benzene rings is 1. The molecule has 2 N–H and O–H groups in total. The van der Waals surface area contributed by atoms with E-state index in [1.165, 1.54) is 16.9 Å². The Bertz CT molecular complexity index is 639. The minimum atomic E-state index is -1.15. The average molecular weight is 277 g/mol. The van der Waals surface area contributed by atoms with Gasteiger partial charge in [-0.1, -0.05) is 17.3 Å². The zero-order valence-electron chi connectivity index (χ0n) is 10.3. The van der Waals surface area contributed by atoms with Crippen molar-refractivity contribution in [1.29, 1.82) is 0 Å². The highest BCUT2D eigenvalue weighted by atomic mass is 16.6. The number of nitro benzene ring substituents is 1. The predicted octanol–water partition coefficient (Wildman–Crippen LogP) is 0.997. The van der Waals surface area contributed by atoms with Crippen LogP contribution in [0.2, 0.25) is 0 Å². The van der Waals surface area contributed by atoms with Crippen LogP contribution in [0.4, 0.5) is 11.4 Å². The van der Waals surface area contributed by atoms with Crippen LogP contribution in [0.15, 0.2) is 30.5 Å². The summed E-state index contributed by atoms with van der Waals surface area (Å²) in [4.78, 5) is 21.0. The standard InChI is InChI=1S/C11H11N5O4/c17-11(18)9-7-15(14-13-9)6-5-12-8-3-1-2-4-10(8)16(19)20/h1-4,7,12H,5-6H2,(H,17,18). The molecule has 2 rings (SSSR count). The largest absolute Gasteiger partial charge is 0.476 e. The molecular formula is C11H11N5O4. The molecular weight excluding hydrogens is 266 g/mol. The Balaban J connectivity index is 1.96. The molecule has 104 valence electrons. The maximum Gasteiger partial charge on any atom is 0.358 e. The van der Waals surface area contributed by atoms with Crippen molar-refractivity contribution in [1.82, 2.24) is 15.0 Å². The van der Waals surface area contributed by atoms with Gasteiger partial charge in [0.25, 0.3) is 5.69 Å². The lowest BCUT2D eigenvalue weighted by molar-refractivity contribution is -0.384. The zero-order valence-corrected chi connectivity index (χ0v) is 10.3. The number of carbonyl (C=O) groups is 1. The van der Waals surface area contributed by atoms with E-state index in [1.807, 2.05) is 0 Å². The Morgan fingerprint density at radius 2 is 2.20 bits per heavy atom. The van der Waals surface area contributed by atoms with E-state index in [0.29, 0.717) is 18.8 Å². The first-order valence-corrected chi connectivity index (χ1v) is 5.68. The summed E-state index contributed by atoms with van der Waals surface area (Å²) in [7, 11) is 0. The normalized spacial score (nSPS) is 10.2. The van der Waals surface area contributed by atoms with Gasteiger partial charge in [0.1, 0.15) is 5.69 Å². The average Bonchev–Trinajstić information content (AvgIpc) is 2.88. The fourth-order valence-electron chi connectivity index (χ4n) is 1.59. The van der Waals surface area contributed by atoms with E-state index in [4.69, 9.17) is 5.11 Å². The van der Waals surface area contributed by atoms with Crippen LogP contribution in [-0.2, 0) is 6.54 Å². The van der Waals surface area contributed by atoms with Crippen molar-refractivity contribution >= 4 is 17.3 Å². The molecule has 9 nitrogen and oxygen atoms in total. The molecule has 1 heterocycles. The van der Waals surface area contributed by atoms with E-state index in [2.05, 4.69) is 15.6 Å². The van der Waals surface area contributed by atoms with Gasteiger partial charge in [-0.05, 0) is 6.07 Å². The van der Waals surface area contributed by atoms with Crippen molar-refractivity contribution in [2.75, 3.05) is 11.9 Å². The van der Waals surface area contributed by atoms with Gasteiger partial charge in [0.05, 0.1) is 17.7 Å². The molecule has 0 aliphatic heterocycles. The Labute approximate surface area is 113 Å². The summed E-state index contributed by atoms with van der Waals surface area (Å²) in [5, 5.41) is 29.5. The first-order valence-electron chi connectivity index (χ1n) is 5.68. The van der Waals surface area contributed by atoms with E-state index >= 15 is 0 Å². The monoisotopic (exact) mass is 277 g/mol. The molecule has 20 heavy (non-hydrogen) atoms. The molecule has 0 saturated heterocycles. The summed E-state index contributed by atoms with van der Waals surface area (Å²) in [5.74, 6) is -1.15. The van der Waals surface area contributed by atoms with Crippen molar-refractivity contribution in [3.63, 3.8) is 0 Å². The molecule has 0 saturated carbocycles. The Morgan fingerprint density at radius 3 is 2.85 bits per heavy atom. The quantitative estimate of drug-likeness (QED) is 0.596. The number of anilines is 1. The smallest absolute Gasteiger partial charge is 0.358 e. The van der Waals surface area contributed by atoms with Crippen LogP contribution in [0.25, 0.3) is 0 Å². The number of aromatic carboxylic acids is 1. The third-order valence-electron chi connectivity index (χ3n) is 2.51. The summed E-state index contributed by atoms with van der Waals surface area (Å²) in [5.41, 5.74) is 0.240. The molecule has 0 aliphatic carbocycles. The fourth-order valence-corrected chi connectivity index (χ4v) is 1.59. The molecule has 0 atom stereocenters. The van der Waals surface area contributed by atoms with Crippen LogP contribution in [0, 0.1) is 10.1 Å².